The maximum Gasteiger partial charge on any atom is 0.152 e. The van der Waals surface area contributed by atoms with E-state index in [1.807, 2.05) is 18.2 Å². The van der Waals surface area contributed by atoms with Gasteiger partial charge >= 0.3 is 0 Å². The lowest BCUT2D eigenvalue weighted by Gasteiger charge is -2.17. The molecule has 2 aromatic rings. The van der Waals surface area contributed by atoms with E-state index in [0.29, 0.717) is 11.8 Å². The van der Waals surface area contributed by atoms with Gasteiger partial charge in [-0.2, -0.15) is 0 Å². The fourth-order valence-corrected chi connectivity index (χ4v) is 2.81. The van der Waals surface area contributed by atoms with E-state index in [1.54, 1.807) is 0 Å². The highest BCUT2D eigenvalue weighted by molar-refractivity contribution is 6.16. The minimum absolute atomic E-state index is 0.382. The maximum absolute atomic E-state index is 6.03. The van der Waals surface area contributed by atoms with E-state index in [-0.39, 0.29) is 0 Å². The van der Waals surface area contributed by atoms with Gasteiger partial charge in [-0.05, 0) is 25.0 Å². The first-order chi connectivity index (χ1) is 9.81. The normalized spacial score (nSPS) is 11.2. The predicted molar refractivity (Wildman–Crippen MR) is 83.5 cm³/mol. The number of halogens is 1. The molecule has 0 fully saturated rings. The molecule has 0 saturated carbocycles. The van der Waals surface area contributed by atoms with Crippen molar-refractivity contribution in [2.24, 2.45) is 0 Å². The average molecular weight is 292 g/mol. The third-order valence-corrected chi connectivity index (χ3v) is 3.77. The number of alkyl halides is 1. The first-order valence-corrected chi connectivity index (χ1v) is 7.90. The van der Waals surface area contributed by atoms with Crippen LogP contribution < -0.4 is 0 Å². The topological polar surface area (TPSA) is 30.7 Å². The molecule has 3 nitrogen and oxygen atoms in total. The summed E-state index contributed by atoms with van der Waals surface area (Å²) in [6, 6.07) is 10.2. The summed E-state index contributed by atoms with van der Waals surface area (Å²) >= 11 is 6.03. The summed E-state index contributed by atoms with van der Waals surface area (Å²) in [6.45, 7) is 4.43. The highest BCUT2D eigenvalue weighted by Gasteiger charge is 2.20. The Bertz CT molecular complexity index is 516. The summed E-state index contributed by atoms with van der Waals surface area (Å²) in [5.41, 5.74) is 1.10. The lowest BCUT2D eigenvalue weighted by molar-refractivity contribution is 0.525. The molecule has 1 aromatic carbocycles. The Morgan fingerprint density at radius 1 is 1.05 bits per heavy atom. The lowest BCUT2D eigenvalue weighted by Crippen LogP contribution is -2.10. The second-order valence-corrected chi connectivity index (χ2v) is 5.32. The van der Waals surface area contributed by atoms with Crippen molar-refractivity contribution in [3.63, 3.8) is 0 Å². The van der Waals surface area contributed by atoms with Crippen LogP contribution in [0.5, 0.6) is 0 Å². The number of hydrogen-bond donors (Lipinski definition) is 0. The van der Waals surface area contributed by atoms with Gasteiger partial charge in [0.2, 0.25) is 0 Å². The van der Waals surface area contributed by atoms with Gasteiger partial charge in [-0.1, -0.05) is 44.9 Å². The summed E-state index contributed by atoms with van der Waals surface area (Å²) in [5.74, 6) is 2.71. The highest BCUT2D eigenvalue weighted by Crippen LogP contribution is 2.28. The fraction of sp³-hybridized carbons (Fsp3) is 0.500. The van der Waals surface area contributed by atoms with Crippen LogP contribution in [0.4, 0.5) is 0 Å². The van der Waals surface area contributed by atoms with Crippen LogP contribution in [-0.4, -0.2) is 14.8 Å². The summed E-state index contributed by atoms with van der Waals surface area (Å²) in [5, 5.41) is 8.71. The Morgan fingerprint density at radius 3 is 2.25 bits per heavy atom. The molecule has 0 bridgehead atoms. The van der Waals surface area contributed by atoms with Crippen molar-refractivity contribution < 1.29 is 0 Å². The molecule has 108 valence electrons. The third-order valence-electron chi connectivity index (χ3n) is 3.53. The van der Waals surface area contributed by atoms with Crippen molar-refractivity contribution in [2.45, 2.75) is 51.3 Å². The van der Waals surface area contributed by atoms with Crippen LogP contribution in [0.15, 0.2) is 30.3 Å². The SMILES string of the molecule is CCCC(CCC)c1nnc(CCl)n1-c1ccccc1. The standard InChI is InChI=1S/C16H22ClN3/c1-3-8-13(9-4-2)16-19-18-15(12-17)20(16)14-10-6-5-7-11-14/h5-7,10-11,13H,3-4,8-9,12H2,1-2H3. The molecule has 0 atom stereocenters. The molecular weight excluding hydrogens is 270 g/mol. The van der Waals surface area contributed by atoms with Gasteiger partial charge in [0.05, 0.1) is 5.88 Å². The van der Waals surface area contributed by atoms with Gasteiger partial charge in [-0.3, -0.25) is 4.57 Å². The van der Waals surface area contributed by atoms with Crippen molar-refractivity contribution in [3.8, 4) is 5.69 Å². The number of rotatable bonds is 7. The zero-order chi connectivity index (χ0) is 14.4. The minimum Gasteiger partial charge on any atom is -0.282 e. The van der Waals surface area contributed by atoms with Gasteiger partial charge < -0.3 is 0 Å². The monoisotopic (exact) mass is 291 g/mol. The molecule has 0 N–H and O–H groups in total. The van der Waals surface area contributed by atoms with E-state index in [4.69, 9.17) is 11.6 Å². The third kappa shape index (κ3) is 3.21. The summed E-state index contributed by atoms with van der Waals surface area (Å²) in [6.07, 6.45) is 4.59. The molecular formula is C16H22ClN3. The molecule has 0 unspecified atom stereocenters. The Hall–Kier alpha value is -1.35. The van der Waals surface area contributed by atoms with E-state index in [1.165, 1.54) is 0 Å². The first kappa shape index (κ1) is 15.0. The highest BCUT2D eigenvalue weighted by atomic mass is 35.5. The van der Waals surface area contributed by atoms with Gasteiger partial charge in [0.1, 0.15) is 5.82 Å². The molecule has 20 heavy (non-hydrogen) atoms. The van der Waals surface area contributed by atoms with Crippen molar-refractivity contribution in [2.75, 3.05) is 0 Å². The summed E-state index contributed by atoms with van der Waals surface area (Å²) < 4.78 is 2.13. The Labute approximate surface area is 126 Å². The van der Waals surface area contributed by atoms with Crippen LogP contribution >= 0.6 is 11.6 Å². The number of para-hydroxylation sites is 1. The zero-order valence-corrected chi connectivity index (χ0v) is 13.0. The molecule has 0 aliphatic rings. The van der Waals surface area contributed by atoms with E-state index in [0.717, 1.165) is 43.0 Å². The Morgan fingerprint density at radius 2 is 1.70 bits per heavy atom. The maximum atomic E-state index is 6.03. The van der Waals surface area contributed by atoms with Gasteiger partial charge in [-0.25, -0.2) is 0 Å². The van der Waals surface area contributed by atoms with E-state index in [2.05, 4.69) is 40.7 Å². The second-order valence-electron chi connectivity index (χ2n) is 5.05. The van der Waals surface area contributed by atoms with Crippen molar-refractivity contribution in [1.82, 2.24) is 14.8 Å². The Kier molecular flexibility index (Phi) is 5.60. The van der Waals surface area contributed by atoms with Crippen molar-refractivity contribution in [3.05, 3.63) is 42.0 Å². The van der Waals surface area contributed by atoms with Crippen LogP contribution in [0.1, 0.15) is 57.1 Å². The van der Waals surface area contributed by atoms with Crippen LogP contribution in [-0.2, 0) is 5.88 Å². The van der Waals surface area contributed by atoms with Crippen LogP contribution in [0, 0.1) is 0 Å². The molecule has 0 saturated heterocycles. The smallest absolute Gasteiger partial charge is 0.152 e. The van der Waals surface area contributed by atoms with Gasteiger partial charge in [0.15, 0.2) is 5.82 Å². The average Bonchev–Trinajstić information content (AvgIpc) is 2.91. The number of hydrogen-bond acceptors (Lipinski definition) is 2. The van der Waals surface area contributed by atoms with Crippen LogP contribution in [0.3, 0.4) is 0 Å². The molecule has 1 aromatic heterocycles. The van der Waals surface area contributed by atoms with Gasteiger partial charge in [0, 0.05) is 11.6 Å². The number of aromatic nitrogens is 3. The quantitative estimate of drug-likeness (QED) is 0.693. The second kappa shape index (κ2) is 7.44. The lowest BCUT2D eigenvalue weighted by atomic mass is 9.97. The molecule has 0 spiro atoms. The predicted octanol–water partition coefficient (Wildman–Crippen LogP) is 4.69. The fourth-order valence-electron chi connectivity index (χ4n) is 2.64. The molecule has 0 radical (unpaired) electrons. The molecule has 0 amide bonds. The van der Waals surface area contributed by atoms with E-state index in [9.17, 15) is 0 Å². The zero-order valence-electron chi connectivity index (χ0n) is 12.2. The van der Waals surface area contributed by atoms with Crippen LogP contribution in [0.25, 0.3) is 5.69 Å². The summed E-state index contributed by atoms with van der Waals surface area (Å²) in [4.78, 5) is 0. The van der Waals surface area contributed by atoms with E-state index >= 15 is 0 Å². The molecule has 0 aliphatic heterocycles. The minimum atomic E-state index is 0.382. The van der Waals surface area contributed by atoms with Crippen LogP contribution in [0.2, 0.25) is 0 Å². The largest absolute Gasteiger partial charge is 0.282 e. The molecule has 1 heterocycles. The van der Waals surface area contributed by atoms with Gasteiger partial charge in [-0.15, -0.1) is 21.8 Å². The van der Waals surface area contributed by atoms with Crippen molar-refractivity contribution >= 4 is 11.6 Å². The Balaban J connectivity index is 2.45. The van der Waals surface area contributed by atoms with E-state index < -0.39 is 0 Å². The molecule has 2 rings (SSSR count). The first-order valence-electron chi connectivity index (χ1n) is 7.37. The van der Waals surface area contributed by atoms with Gasteiger partial charge in [0.25, 0.3) is 0 Å². The van der Waals surface area contributed by atoms with Crippen molar-refractivity contribution in [1.29, 1.82) is 0 Å². The number of benzene rings is 1. The molecule has 4 heteroatoms. The summed E-state index contributed by atoms with van der Waals surface area (Å²) in [7, 11) is 0. The number of nitrogens with zero attached hydrogens (tertiary/aromatic N) is 3. The molecule has 0 aliphatic carbocycles.